The quantitative estimate of drug-likeness (QED) is 0.891. The van der Waals surface area contributed by atoms with Crippen LogP contribution in [0.25, 0.3) is 0 Å². The maximum atomic E-state index is 4.56. The maximum Gasteiger partial charge on any atom is 0.151 e. The lowest BCUT2D eigenvalue weighted by atomic mass is 10.1. The normalized spacial score (nSPS) is 14.5. The summed E-state index contributed by atoms with van der Waals surface area (Å²) in [5, 5.41) is 3.53. The molecule has 0 saturated carbocycles. The molecule has 1 aromatic heterocycles. The van der Waals surface area contributed by atoms with E-state index in [0.717, 1.165) is 35.6 Å². The Morgan fingerprint density at radius 3 is 2.81 bits per heavy atom. The van der Waals surface area contributed by atoms with Crippen molar-refractivity contribution < 1.29 is 0 Å². The number of nitrogens with zero attached hydrogens (tertiary/aromatic N) is 2. The van der Waals surface area contributed by atoms with Crippen molar-refractivity contribution in [2.75, 3.05) is 23.3 Å². The molecule has 0 atom stereocenters. The molecule has 0 amide bonds. The smallest absolute Gasteiger partial charge is 0.151 e. The van der Waals surface area contributed by atoms with E-state index in [4.69, 9.17) is 0 Å². The summed E-state index contributed by atoms with van der Waals surface area (Å²) in [7, 11) is 0. The van der Waals surface area contributed by atoms with Crippen molar-refractivity contribution >= 4 is 27.4 Å². The molecule has 1 fully saturated rings. The zero-order valence-electron chi connectivity index (χ0n) is 12.3. The predicted octanol–water partition coefficient (Wildman–Crippen LogP) is 4.36. The Morgan fingerprint density at radius 2 is 2.05 bits per heavy atom. The van der Waals surface area contributed by atoms with Crippen LogP contribution in [0.15, 0.2) is 41.0 Å². The van der Waals surface area contributed by atoms with Crippen LogP contribution < -0.4 is 10.2 Å². The minimum atomic E-state index is 0.811. The standard InChI is InChI=1S/C17H20BrN3/c1-13-6-7-14(11-15(13)18)12-20-16-5-4-8-19-17(16)21-9-2-3-10-21/h4-8,11,20H,2-3,9-10,12H2,1H3. The summed E-state index contributed by atoms with van der Waals surface area (Å²) < 4.78 is 1.16. The van der Waals surface area contributed by atoms with E-state index in [9.17, 15) is 0 Å². The molecular formula is C17H20BrN3. The Labute approximate surface area is 134 Å². The lowest BCUT2D eigenvalue weighted by Gasteiger charge is -2.20. The summed E-state index contributed by atoms with van der Waals surface area (Å²) in [6, 6.07) is 10.6. The number of pyridine rings is 1. The van der Waals surface area contributed by atoms with E-state index in [1.165, 1.54) is 24.0 Å². The number of aryl methyl sites for hydroxylation is 1. The zero-order valence-corrected chi connectivity index (χ0v) is 13.9. The molecule has 3 rings (SSSR count). The summed E-state index contributed by atoms with van der Waals surface area (Å²) in [6.07, 6.45) is 4.41. The van der Waals surface area contributed by atoms with Crippen molar-refractivity contribution in [3.05, 3.63) is 52.1 Å². The Hall–Kier alpha value is -1.55. The second-order valence-corrected chi connectivity index (χ2v) is 6.36. The number of anilines is 2. The van der Waals surface area contributed by atoms with E-state index in [1.807, 2.05) is 12.3 Å². The third-order valence-corrected chi connectivity index (χ3v) is 4.77. The Kier molecular flexibility index (Phi) is 4.44. The van der Waals surface area contributed by atoms with Crippen LogP contribution in [0.4, 0.5) is 11.5 Å². The van der Waals surface area contributed by atoms with Crippen LogP contribution in [0.2, 0.25) is 0 Å². The van der Waals surface area contributed by atoms with Crippen LogP contribution in [0.1, 0.15) is 24.0 Å². The van der Waals surface area contributed by atoms with Gasteiger partial charge in [0.2, 0.25) is 0 Å². The van der Waals surface area contributed by atoms with Crippen molar-refractivity contribution in [3.63, 3.8) is 0 Å². The molecule has 4 heteroatoms. The second-order valence-electron chi connectivity index (χ2n) is 5.51. The molecular weight excluding hydrogens is 326 g/mol. The van der Waals surface area contributed by atoms with Crippen LogP contribution in [-0.2, 0) is 6.54 Å². The SMILES string of the molecule is Cc1ccc(CNc2cccnc2N2CCCC2)cc1Br. The first-order chi connectivity index (χ1) is 10.2. The average Bonchev–Trinajstić information content (AvgIpc) is 3.03. The fourth-order valence-electron chi connectivity index (χ4n) is 2.66. The van der Waals surface area contributed by atoms with Crippen LogP contribution in [0.5, 0.6) is 0 Å². The number of nitrogens with one attached hydrogen (secondary N) is 1. The van der Waals surface area contributed by atoms with Gasteiger partial charge >= 0.3 is 0 Å². The monoisotopic (exact) mass is 345 g/mol. The molecule has 0 aliphatic carbocycles. The number of halogens is 1. The van der Waals surface area contributed by atoms with E-state index in [0.29, 0.717) is 0 Å². The van der Waals surface area contributed by atoms with Gasteiger partial charge in [-0.05, 0) is 49.1 Å². The van der Waals surface area contributed by atoms with Crippen LogP contribution in [0.3, 0.4) is 0 Å². The van der Waals surface area contributed by atoms with Gasteiger partial charge in [0.15, 0.2) is 5.82 Å². The van der Waals surface area contributed by atoms with Crippen LogP contribution >= 0.6 is 15.9 Å². The lowest BCUT2D eigenvalue weighted by Crippen LogP contribution is -2.20. The summed E-state index contributed by atoms with van der Waals surface area (Å²) in [5.41, 5.74) is 3.65. The van der Waals surface area contributed by atoms with Crippen LogP contribution in [-0.4, -0.2) is 18.1 Å². The Morgan fingerprint density at radius 1 is 1.24 bits per heavy atom. The van der Waals surface area contributed by atoms with Gasteiger partial charge < -0.3 is 10.2 Å². The average molecular weight is 346 g/mol. The summed E-state index contributed by atoms with van der Waals surface area (Å²) >= 11 is 3.59. The highest BCUT2D eigenvalue weighted by Crippen LogP contribution is 2.27. The van der Waals surface area contributed by atoms with Gasteiger partial charge in [-0.15, -0.1) is 0 Å². The first-order valence-corrected chi connectivity index (χ1v) is 8.22. The van der Waals surface area contributed by atoms with Crippen molar-refractivity contribution in [3.8, 4) is 0 Å². The first kappa shape index (κ1) is 14.4. The first-order valence-electron chi connectivity index (χ1n) is 7.43. The topological polar surface area (TPSA) is 28.2 Å². The van der Waals surface area contributed by atoms with E-state index in [-0.39, 0.29) is 0 Å². The maximum absolute atomic E-state index is 4.56. The molecule has 1 N–H and O–H groups in total. The van der Waals surface area contributed by atoms with Crippen molar-refractivity contribution in [2.45, 2.75) is 26.3 Å². The molecule has 3 nitrogen and oxygen atoms in total. The van der Waals surface area contributed by atoms with Gasteiger partial charge in [0, 0.05) is 30.3 Å². The predicted molar refractivity (Wildman–Crippen MR) is 91.9 cm³/mol. The Bertz CT molecular complexity index is 621. The Balaban J connectivity index is 1.74. The van der Waals surface area contributed by atoms with E-state index >= 15 is 0 Å². The van der Waals surface area contributed by atoms with Gasteiger partial charge in [-0.25, -0.2) is 4.98 Å². The van der Waals surface area contributed by atoms with Gasteiger partial charge in [0.1, 0.15) is 0 Å². The van der Waals surface area contributed by atoms with Gasteiger partial charge in [-0.1, -0.05) is 28.1 Å². The van der Waals surface area contributed by atoms with Gasteiger partial charge in [0.05, 0.1) is 5.69 Å². The molecule has 0 unspecified atom stereocenters. The number of aromatic nitrogens is 1. The van der Waals surface area contributed by atoms with Gasteiger partial charge in [-0.3, -0.25) is 0 Å². The number of hydrogen-bond donors (Lipinski definition) is 1. The molecule has 110 valence electrons. The van der Waals surface area contributed by atoms with Gasteiger partial charge in [-0.2, -0.15) is 0 Å². The zero-order chi connectivity index (χ0) is 14.7. The van der Waals surface area contributed by atoms with E-state index in [2.05, 4.69) is 62.3 Å². The molecule has 1 aliphatic heterocycles. The van der Waals surface area contributed by atoms with Crippen molar-refractivity contribution in [1.29, 1.82) is 0 Å². The molecule has 0 spiro atoms. The summed E-state index contributed by atoms with van der Waals surface area (Å²) in [6.45, 7) is 5.14. The highest BCUT2D eigenvalue weighted by Gasteiger charge is 2.16. The highest BCUT2D eigenvalue weighted by atomic mass is 79.9. The summed E-state index contributed by atoms with van der Waals surface area (Å²) in [5.74, 6) is 1.08. The molecule has 2 aromatic rings. The largest absolute Gasteiger partial charge is 0.378 e. The van der Waals surface area contributed by atoms with E-state index < -0.39 is 0 Å². The third-order valence-electron chi connectivity index (χ3n) is 3.91. The molecule has 1 saturated heterocycles. The minimum absolute atomic E-state index is 0.811. The molecule has 1 aliphatic rings. The van der Waals surface area contributed by atoms with Crippen molar-refractivity contribution in [1.82, 2.24) is 4.98 Å². The number of hydrogen-bond acceptors (Lipinski definition) is 3. The third kappa shape index (κ3) is 3.38. The van der Waals surface area contributed by atoms with Crippen LogP contribution in [0, 0.1) is 6.92 Å². The molecule has 0 radical (unpaired) electrons. The highest BCUT2D eigenvalue weighted by molar-refractivity contribution is 9.10. The van der Waals surface area contributed by atoms with E-state index in [1.54, 1.807) is 0 Å². The fourth-order valence-corrected chi connectivity index (χ4v) is 3.09. The van der Waals surface area contributed by atoms with Gasteiger partial charge in [0.25, 0.3) is 0 Å². The second kappa shape index (κ2) is 6.48. The van der Waals surface area contributed by atoms with Crippen molar-refractivity contribution in [2.24, 2.45) is 0 Å². The minimum Gasteiger partial charge on any atom is -0.378 e. The number of rotatable bonds is 4. The molecule has 21 heavy (non-hydrogen) atoms. The molecule has 2 heterocycles. The number of benzene rings is 1. The summed E-state index contributed by atoms with van der Waals surface area (Å²) in [4.78, 5) is 6.93. The fraction of sp³-hybridized carbons (Fsp3) is 0.353. The lowest BCUT2D eigenvalue weighted by molar-refractivity contribution is 0.934. The molecule has 0 bridgehead atoms. The molecule has 1 aromatic carbocycles.